The van der Waals surface area contributed by atoms with E-state index in [0.717, 1.165) is 19.0 Å². The minimum absolute atomic E-state index is 0.412. The zero-order valence-corrected chi connectivity index (χ0v) is 14.8. The third-order valence-electron chi connectivity index (χ3n) is 4.51. The van der Waals surface area contributed by atoms with Gasteiger partial charge in [-0.1, -0.05) is 65.3 Å². The number of nitrogens with zero attached hydrogens (tertiary/aromatic N) is 1. The smallest absolute Gasteiger partial charge is 0.0446 e. The van der Waals surface area contributed by atoms with Crippen molar-refractivity contribution in [2.75, 3.05) is 26.7 Å². The molecule has 0 saturated heterocycles. The van der Waals surface area contributed by atoms with Crippen molar-refractivity contribution in [3.63, 3.8) is 0 Å². The first-order valence-corrected chi connectivity index (χ1v) is 8.51. The van der Waals surface area contributed by atoms with Crippen LogP contribution in [0.4, 0.5) is 0 Å². The van der Waals surface area contributed by atoms with Gasteiger partial charge in [0.15, 0.2) is 0 Å². The summed E-state index contributed by atoms with van der Waals surface area (Å²) in [6, 6.07) is 9.53. The summed E-state index contributed by atoms with van der Waals surface area (Å²) in [6.07, 6.45) is 1.25. The second-order valence-corrected chi connectivity index (χ2v) is 6.53. The van der Waals surface area contributed by atoms with Crippen molar-refractivity contribution < 1.29 is 0 Å². The fraction of sp³-hybridized carbons (Fsp3) is 0.684. The number of nitrogens with one attached hydrogen (secondary N) is 1. The van der Waals surface area contributed by atoms with Crippen LogP contribution in [0.15, 0.2) is 24.3 Å². The molecule has 1 aromatic carbocycles. The van der Waals surface area contributed by atoms with Crippen LogP contribution in [0.25, 0.3) is 0 Å². The van der Waals surface area contributed by atoms with Crippen LogP contribution >= 0.6 is 0 Å². The van der Waals surface area contributed by atoms with Gasteiger partial charge in [0.1, 0.15) is 0 Å². The fourth-order valence-electron chi connectivity index (χ4n) is 2.64. The average Bonchev–Trinajstić information content (AvgIpc) is 2.51. The Morgan fingerprint density at radius 3 is 1.95 bits per heavy atom. The van der Waals surface area contributed by atoms with E-state index < -0.39 is 0 Å². The maximum atomic E-state index is 3.48. The molecular weight excluding hydrogens is 256 g/mol. The summed E-state index contributed by atoms with van der Waals surface area (Å²) in [4.78, 5) is 2.56. The summed E-state index contributed by atoms with van der Waals surface area (Å²) in [6.45, 7) is 14.8. The van der Waals surface area contributed by atoms with Crippen LogP contribution in [-0.4, -0.2) is 31.6 Å². The van der Waals surface area contributed by atoms with Crippen molar-refractivity contribution >= 4 is 0 Å². The lowest BCUT2D eigenvalue weighted by atomic mass is 9.98. The van der Waals surface area contributed by atoms with Crippen molar-refractivity contribution in [2.24, 2.45) is 5.92 Å². The maximum Gasteiger partial charge on any atom is 0.0446 e. The summed E-state index contributed by atoms with van der Waals surface area (Å²) in [5.74, 6) is 1.37. The lowest BCUT2D eigenvalue weighted by molar-refractivity contribution is 0.223. The van der Waals surface area contributed by atoms with E-state index in [0.29, 0.717) is 12.0 Å². The number of hydrogen-bond donors (Lipinski definition) is 1. The number of rotatable bonds is 9. The molecule has 0 aliphatic heterocycles. The number of benzene rings is 1. The highest BCUT2D eigenvalue weighted by molar-refractivity contribution is 5.27. The van der Waals surface area contributed by atoms with E-state index in [1.807, 2.05) is 0 Å². The van der Waals surface area contributed by atoms with Gasteiger partial charge in [-0.15, -0.1) is 0 Å². The largest absolute Gasteiger partial charge is 0.312 e. The van der Waals surface area contributed by atoms with Gasteiger partial charge in [0, 0.05) is 19.1 Å². The van der Waals surface area contributed by atoms with Gasteiger partial charge in [0.2, 0.25) is 0 Å². The molecule has 2 atom stereocenters. The van der Waals surface area contributed by atoms with Crippen LogP contribution in [0.1, 0.15) is 64.1 Å². The molecule has 0 saturated carbocycles. The predicted molar refractivity (Wildman–Crippen MR) is 93.9 cm³/mol. The molecule has 0 bridgehead atoms. The van der Waals surface area contributed by atoms with Gasteiger partial charge in [0.05, 0.1) is 0 Å². The van der Waals surface area contributed by atoms with E-state index in [1.165, 1.54) is 24.1 Å². The van der Waals surface area contributed by atoms with Gasteiger partial charge in [-0.2, -0.15) is 0 Å². The van der Waals surface area contributed by atoms with Crippen molar-refractivity contribution in [2.45, 2.75) is 53.0 Å². The Bertz CT molecular complexity index is 383. The Morgan fingerprint density at radius 2 is 1.52 bits per heavy atom. The third-order valence-corrected chi connectivity index (χ3v) is 4.51. The summed E-state index contributed by atoms with van der Waals surface area (Å²) in [7, 11) is 2.07. The zero-order chi connectivity index (χ0) is 15.8. The summed E-state index contributed by atoms with van der Waals surface area (Å²) in [5.41, 5.74) is 2.81. The van der Waals surface area contributed by atoms with Crippen molar-refractivity contribution in [1.82, 2.24) is 10.2 Å². The second kappa shape index (κ2) is 9.22. The highest BCUT2D eigenvalue weighted by atomic mass is 15.1. The Hall–Kier alpha value is -0.860. The Kier molecular flexibility index (Phi) is 7.98. The van der Waals surface area contributed by atoms with Crippen LogP contribution in [0, 0.1) is 5.92 Å². The van der Waals surface area contributed by atoms with E-state index in [-0.39, 0.29) is 0 Å². The molecule has 120 valence electrons. The highest BCUT2D eigenvalue weighted by Crippen LogP contribution is 2.20. The fourth-order valence-corrected chi connectivity index (χ4v) is 2.64. The molecule has 0 aliphatic rings. The molecular formula is C19H34N2. The summed E-state index contributed by atoms with van der Waals surface area (Å²) < 4.78 is 0. The molecule has 0 amide bonds. The SMILES string of the molecule is CCC(C)CN(CC)CC(NC)c1ccc(C(C)C)cc1. The van der Waals surface area contributed by atoms with Gasteiger partial charge in [-0.25, -0.2) is 0 Å². The van der Waals surface area contributed by atoms with Crippen LogP contribution < -0.4 is 5.32 Å². The molecule has 0 spiro atoms. The minimum atomic E-state index is 0.412. The minimum Gasteiger partial charge on any atom is -0.312 e. The summed E-state index contributed by atoms with van der Waals surface area (Å²) >= 11 is 0. The third kappa shape index (κ3) is 5.80. The lowest BCUT2D eigenvalue weighted by Gasteiger charge is -2.28. The van der Waals surface area contributed by atoms with Gasteiger partial charge in [-0.3, -0.25) is 0 Å². The first-order chi connectivity index (χ1) is 10.0. The molecule has 2 unspecified atom stereocenters. The Balaban J connectivity index is 2.72. The lowest BCUT2D eigenvalue weighted by Crippen LogP contribution is -2.36. The van der Waals surface area contributed by atoms with E-state index >= 15 is 0 Å². The molecule has 1 aromatic rings. The maximum absolute atomic E-state index is 3.48. The van der Waals surface area contributed by atoms with Gasteiger partial charge in [0.25, 0.3) is 0 Å². The first kappa shape index (κ1) is 18.2. The molecule has 1 rings (SSSR count). The van der Waals surface area contributed by atoms with Crippen LogP contribution in [0.3, 0.4) is 0 Å². The molecule has 0 heterocycles. The molecule has 2 nitrogen and oxygen atoms in total. The second-order valence-electron chi connectivity index (χ2n) is 6.53. The van der Waals surface area contributed by atoms with Crippen LogP contribution in [0.5, 0.6) is 0 Å². The monoisotopic (exact) mass is 290 g/mol. The average molecular weight is 290 g/mol. The van der Waals surface area contributed by atoms with Crippen LogP contribution in [-0.2, 0) is 0 Å². The topological polar surface area (TPSA) is 15.3 Å². The Labute approximate surface area is 131 Å². The van der Waals surface area contributed by atoms with Crippen molar-refractivity contribution in [1.29, 1.82) is 0 Å². The zero-order valence-electron chi connectivity index (χ0n) is 14.8. The summed E-state index contributed by atoms with van der Waals surface area (Å²) in [5, 5.41) is 3.48. The van der Waals surface area contributed by atoms with Crippen molar-refractivity contribution in [3.8, 4) is 0 Å². The Morgan fingerprint density at radius 1 is 0.952 bits per heavy atom. The molecule has 0 fully saturated rings. The van der Waals surface area contributed by atoms with Gasteiger partial charge >= 0.3 is 0 Å². The number of hydrogen-bond acceptors (Lipinski definition) is 2. The molecule has 0 aromatic heterocycles. The molecule has 21 heavy (non-hydrogen) atoms. The van der Waals surface area contributed by atoms with Crippen LogP contribution in [0.2, 0.25) is 0 Å². The van der Waals surface area contributed by atoms with E-state index in [2.05, 4.69) is 76.1 Å². The van der Waals surface area contributed by atoms with E-state index in [9.17, 15) is 0 Å². The normalized spacial score (nSPS) is 14.7. The van der Waals surface area contributed by atoms with Gasteiger partial charge in [-0.05, 0) is 36.6 Å². The molecule has 0 aliphatic carbocycles. The quantitative estimate of drug-likeness (QED) is 0.723. The number of likely N-dealkylation sites (N-methyl/N-ethyl adjacent to an activating group) is 2. The molecule has 0 radical (unpaired) electrons. The van der Waals surface area contributed by atoms with Gasteiger partial charge < -0.3 is 10.2 Å². The van der Waals surface area contributed by atoms with Crippen molar-refractivity contribution in [3.05, 3.63) is 35.4 Å². The van der Waals surface area contributed by atoms with E-state index in [1.54, 1.807) is 0 Å². The first-order valence-electron chi connectivity index (χ1n) is 8.51. The molecule has 2 heteroatoms. The standard InChI is InChI=1S/C19H34N2/c1-7-16(5)13-21(8-2)14-19(20-6)18-11-9-17(10-12-18)15(3)4/h9-12,15-16,19-20H,7-8,13-14H2,1-6H3. The predicted octanol–water partition coefficient (Wildman–Crippen LogP) is 4.44. The molecule has 1 N–H and O–H groups in total. The highest BCUT2D eigenvalue weighted by Gasteiger charge is 2.15. The van der Waals surface area contributed by atoms with E-state index in [4.69, 9.17) is 0 Å².